The van der Waals surface area contributed by atoms with Crippen LogP contribution in [0.25, 0.3) is 0 Å². The fourth-order valence-electron chi connectivity index (χ4n) is 5.59. The summed E-state index contributed by atoms with van der Waals surface area (Å²) in [5, 5.41) is 3.79. The summed E-state index contributed by atoms with van der Waals surface area (Å²) in [6.07, 6.45) is 7.63. The van der Waals surface area contributed by atoms with Crippen LogP contribution in [0.2, 0.25) is 0 Å². The molecule has 3 atom stereocenters. The fourth-order valence-corrected chi connectivity index (χ4v) is 6.37. The molecule has 1 aliphatic carbocycles. The molecule has 0 saturated carbocycles. The van der Waals surface area contributed by atoms with Crippen LogP contribution < -0.4 is 14.8 Å². The number of aliphatic imine (C=N–C) groups is 1. The van der Waals surface area contributed by atoms with Gasteiger partial charge in [0.05, 0.1) is 21.9 Å². The number of rotatable bonds is 8. The number of nitrogens with one attached hydrogen (secondary N) is 1. The van der Waals surface area contributed by atoms with Gasteiger partial charge in [0.1, 0.15) is 12.4 Å². The lowest BCUT2D eigenvalue weighted by atomic mass is 9.77. The van der Waals surface area contributed by atoms with E-state index in [0.29, 0.717) is 36.5 Å². The van der Waals surface area contributed by atoms with Crippen LogP contribution in [0.1, 0.15) is 47.6 Å². The average molecular weight is 645 g/mol. The third-order valence-corrected chi connectivity index (χ3v) is 8.32. The molecule has 0 radical (unpaired) electrons. The smallest absolute Gasteiger partial charge is 0.175 e. The molecule has 0 spiro atoms. The summed E-state index contributed by atoms with van der Waals surface area (Å²) in [4.78, 5) is 4.75. The third-order valence-electron chi connectivity index (χ3n) is 7.52. The Morgan fingerprint density at radius 3 is 2.60 bits per heavy atom. The van der Waals surface area contributed by atoms with Gasteiger partial charge in [-0.25, -0.2) is 4.39 Å². The number of hydrogen-bond acceptors (Lipinski definition) is 4. The summed E-state index contributed by atoms with van der Waals surface area (Å²) in [7, 11) is 0. The maximum atomic E-state index is 13.2. The molecule has 1 N–H and O–H groups in total. The molecule has 6 heteroatoms. The second-order valence-electron chi connectivity index (χ2n) is 10.1. The molecule has 0 aromatic heterocycles. The van der Waals surface area contributed by atoms with Crippen LogP contribution in [-0.4, -0.2) is 12.8 Å². The van der Waals surface area contributed by atoms with Crippen molar-refractivity contribution in [2.75, 3.05) is 11.9 Å². The Morgan fingerprint density at radius 1 is 1.00 bits per heavy atom. The molecule has 0 amide bonds. The Labute approximate surface area is 248 Å². The van der Waals surface area contributed by atoms with Gasteiger partial charge in [-0.1, -0.05) is 54.6 Å². The minimum Gasteiger partial charge on any atom is -0.490 e. The van der Waals surface area contributed by atoms with Gasteiger partial charge in [-0.2, -0.15) is 0 Å². The van der Waals surface area contributed by atoms with Crippen molar-refractivity contribution >= 4 is 40.2 Å². The fraction of sp³-hybridized carbons (Fsp3) is 0.206. The van der Waals surface area contributed by atoms with E-state index < -0.39 is 0 Å². The second-order valence-corrected chi connectivity index (χ2v) is 11.3. The maximum Gasteiger partial charge on any atom is 0.175 e. The Hall–Kier alpha value is -3.65. The van der Waals surface area contributed by atoms with Gasteiger partial charge in [-0.3, -0.25) is 4.99 Å². The van der Waals surface area contributed by atoms with Gasteiger partial charge in [0, 0.05) is 17.8 Å². The summed E-state index contributed by atoms with van der Waals surface area (Å²) >= 11 is 2.26. The molecule has 1 aliphatic heterocycles. The minimum absolute atomic E-state index is 0.261. The first-order chi connectivity index (χ1) is 19.6. The number of halogens is 2. The first kappa shape index (κ1) is 26.6. The van der Waals surface area contributed by atoms with Crippen molar-refractivity contribution in [3.8, 4) is 11.5 Å². The molecule has 0 fully saturated rings. The highest BCUT2D eigenvalue weighted by molar-refractivity contribution is 14.1. The Balaban J connectivity index is 1.17. The minimum atomic E-state index is -0.261. The lowest BCUT2D eigenvalue weighted by Gasteiger charge is -2.37. The van der Waals surface area contributed by atoms with Crippen LogP contribution in [0.3, 0.4) is 0 Å². The Kier molecular flexibility index (Phi) is 7.86. The predicted octanol–water partition coefficient (Wildman–Crippen LogP) is 8.99. The first-order valence-electron chi connectivity index (χ1n) is 13.6. The van der Waals surface area contributed by atoms with E-state index in [0.717, 1.165) is 26.8 Å². The maximum absolute atomic E-state index is 13.2. The SMILES string of the molecule is CCOc1cc(C=Nc2ccc([C@@H]3Nc4ccccc4[C@H]4C=CC[C@H]43)cc2)cc(I)c1OCc1ccc(F)cc1. The van der Waals surface area contributed by atoms with Gasteiger partial charge in [-0.15, -0.1) is 0 Å². The summed E-state index contributed by atoms with van der Waals surface area (Å²) in [6.45, 7) is 2.79. The first-order valence-corrected chi connectivity index (χ1v) is 14.7. The van der Waals surface area contributed by atoms with Crippen LogP contribution in [0.4, 0.5) is 15.8 Å². The van der Waals surface area contributed by atoms with E-state index >= 15 is 0 Å². The normalized spacial score (nSPS) is 19.2. The van der Waals surface area contributed by atoms with Crippen molar-refractivity contribution < 1.29 is 13.9 Å². The van der Waals surface area contributed by atoms with Gasteiger partial charge in [0.15, 0.2) is 11.5 Å². The quantitative estimate of drug-likeness (QED) is 0.118. The number of anilines is 1. The largest absolute Gasteiger partial charge is 0.490 e. The Morgan fingerprint density at radius 2 is 1.80 bits per heavy atom. The number of fused-ring (bicyclic) bond motifs is 3. The molecule has 4 aromatic carbocycles. The van der Waals surface area contributed by atoms with Crippen molar-refractivity contribution in [2.45, 2.75) is 31.9 Å². The molecule has 4 nitrogen and oxygen atoms in total. The predicted molar refractivity (Wildman–Crippen MR) is 168 cm³/mol. The van der Waals surface area contributed by atoms with Crippen molar-refractivity contribution in [2.24, 2.45) is 10.9 Å². The zero-order chi connectivity index (χ0) is 27.5. The summed E-state index contributed by atoms with van der Waals surface area (Å²) in [6, 6.07) is 27.8. The van der Waals surface area contributed by atoms with Crippen LogP contribution >= 0.6 is 22.6 Å². The van der Waals surface area contributed by atoms with Crippen molar-refractivity contribution in [1.29, 1.82) is 0 Å². The van der Waals surface area contributed by atoms with Gasteiger partial charge < -0.3 is 14.8 Å². The lowest BCUT2D eigenvalue weighted by molar-refractivity contribution is 0.267. The lowest BCUT2D eigenvalue weighted by Crippen LogP contribution is -2.28. The summed E-state index contributed by atoms with van der Waals surface area (Å²) in [5.74, 6) is 2.06. The highest BCUT2D eigenvalue weighted by Crippen LogP contribution is 2.49. The average Bonchev–Trinajstić information content (AvgIpc) is 3.47. The molecule has 4 aromatic rings. The summed E-state index contributed by atoms with van der Waals surface area (Å²) < 4.78 is 26.1. The molecule has 40 heavy (non-hydrogen) atoms. The third kappa shape index (κ3) is 5.63. The number of nitrogens with zero attached hydrogens (tertiary/aromatic N) is 1. The number of hydrogen-bond donors (Lipinski definition) is 1. The molecule has 202 valence electrons. The van der Waals surface area contributed by atoms with Crippen LogP contribution in [0, 0.1) is 15.3 Å². The zero-order valence-electron chi connectivity index (χ0n) is 22.2. The van der Waals surface area contributed by atoms with E-state index in [9.17, 15) is 4.39 Å². The number of allylic oxidation sites excluding steroid dienone is 2. The van der Waals surface area contributed by atoms with Crippen LogP contribution in [0.15, 0.2) is 102 Å². The van der Waals surface area contributed by atoms with E-state index in [4.69, 9.17) is 14.5 Å². The van der Waals surface area contributed by atoms with Crippen LogP contribution in [-0.2, 0) is 6.61 Å². The summed E-state index contributed by atoms with van der Waals surface area (Å²) in [5.41, 5.74) is 6.62. The molecule has 2 aliphatic rings. The monoisotopic (exact) mass is 644 g/mol. The van der Waals surface area contributed by atoms with Gasteiger partial charge in [0.2, 0.25) is 0 Å². The van der Waals surface area contributed by atoms with E-state index in [1.165, 1.54) is 28.9 Å². The number of ether oxygens (including phenoxy) is 2. The number of benzene rings is 4. The molecule has 1 heterocycles. The molecule has 0 bridgehead atoms. The topological polar surface area (TPSA) is 42.8 Å². The van der Waals surface area contributed by atoms with Crippen LogP contribution in [0.5, 0.6) is 11.5 Å². The van der Waals surface area contributed by atoms with E-state index in [-0.39, 0.29) is 11.9 Å². The van der Waals surface area contributed by atoms with Crippen molar-refractivity contribution in [1.82, 2.24) is 0 Å². The van der Waals surface area contributed by atoms with Crippen molar-refractivity contribution in [3.63, 3.8) is 0 Å². The van der Waals surface area contributed by atoms with Gasteiger partial charge in [-0.05, 0) is 107 Å². The van der Waals surface area contributed by atoms with Gasteiger partial charge >= 0.3 is 0 Å². The molecular weight excluding hydrogens is 614 g/mol. The van der Waals surface area contributed by atoms with E-state index in [1.807, 2.05) is 25.3 Å². The Bertz CT molecular complexity index is 1550. The van der Waals surface area contributed by atoms with Crippen molar-refractivity contribution in [3.05, 3.63) is 129 Å². The standard InChI is InChI=1S/C34H30FIN2O2/c1-2-39-32-19-23(18-30(36)34(32)40-21-22-10-14-25(35)15-11-22)20-37-26-16-12-24(13-17-26)33-29-8-5-7-27(29)28-6-3-4-9-31(28)38-33/h3-7,9-20,27,29,33,38H,2,8,21H2,1H3/t27-,29-,33+/m1/s1. The molecule has 0 saturated heterocycles. The second kappa shape index (κ2) is 11.8. The highest BCUT2D eigenvalue weighted by atomic mass is 127. The zero-order valence-corrected chi connectivity index (χ0v) is 24.3. The molecule has 0 unspecified atom stereocenters. The van der Waals surface area contributed by atoms with E-state index in [2.05, 4.69) is 88.6 Å². The van der Waals surface area contributed by atoms with Gasteiger partial charge in [0.25, 0.3) is 0 Å². The molecule has 6 rings (SSSR count). The highest BCUT2D eigenvalue weighted by Gasteiger charge is 2.37. The van der Waals surface area contributed by atoms with E-state index in [1.54, 1.807) is 12.1 Å². The number of para-hydroxylation sites is 1. The molecular formula is C34H30FIN2O2.